The average Bonchev–Trinajstić information content (AvgIpc) is 2.26. The monoisotopic (exact) mass is 320 g/mol. The van der Waals surface area contributed by atoms with Crippen molar-refractivity contribution in [1.29, 1.82) is 0 Å². The highest BCUT2D eigenvalue weighted by atomic mass is 32.2. The normalized spacial score (nSPS) is 12.6. The maximum absolute atomic E-state index is 12.2. The quantitative estimate of drug-likeness (QED) is 0.747. The number of rotatable bonds is 6. The second-order valence-corrected chi connectivity index (χ2v) is 8.79. The van der Waals surface area contributed by atoms with E-state index < -0.39 is 19.9 Å². The smallest absolute Gasteiger partial charge is 0.241 e. The highest BCUT2D eigenvalue weighted by molar-refractivity contribution is 7.91. The molecule has 0 atom stereocenters. The van der Waals surface area contributed by atoms with E-state index in [0.29, 0.717) is 16.8 Å². The molecule has 0 saturated heterocycles. The molecule has 0 aliphatic heterocycles. The Morgan fingerprint density at radius 2 is 1.60 bits per heavy atom. The van der Waals surface area contributed by atoms with Crippen molar-refractivity contribution >= 4 is 25.5 Å². The van der Waals surface area contributed by atoms with Crippen LogP contribution in [0.25, 0.3) is 0 Å². The van der Waals surface area contributed by atoms with Gasteiger partial charge in [0.25, 0.3) is 0 Å². The summed E-state index contributed by atoms with van der Waals surface area (Å²) >= 11 is 0. The van der Waals surface area contributed by atoms with Crippen LogP contribution in [0.3, 0.4) is 0 Å². The van der Waals surface area contributed by atoms with Crippen molar-refractivity contribution in [3.63, 3.8) is 0 Å². The molecule has 0 aliphatic carbocycles. The summed E-state index contributed by atoms with van der Waals surface area (Å²) in [6.45, 7) is 4.70. The molecule has 0 aliphatic rings. The lowest BCUT2D eigenvalue weighted by Crippen LogP contribution is -2.30. The van der Waals surface area contributed by atoms with Crippen molar-refractivity contribution in [3.05, 3.63) is 23.3 Å². The minimum absolute atomic E-state index is 0.00530. The Morgan fingerprint density at radius 3 is 2.05 bits per heavy atom. The molecular formula is C12H20N2O4S2. The maximum Gasteiger partial charge on any atom is 0.241 e. The van der Waals surface area contributed by atoms with Gasteiger partial charge in [-0.25, -0.2) is 21.6 Å². The van der Waals surface area contributed by atoms with Crippen LogP contribution >= 0.6 is 0 Å². The van der Waals surface area contributed by atoms with Crippen LogP contribution in [0, 0.1) is 13.8 Å². The molecule has 8 heteroatoms. The molecule has 0 bridgehead atoms. The van der Waals surface area contributed by atoms with E-state index in [1.165, 1.54) is 6.92 Å². The van der Waals surface area contributed by atoms with Crippen LogP contribution in [-0.2, 0) is 19.9 Å². The number of nitrogens with two attached hydrogens (primary N) is 1. The van der Waals surface area contributed by atoms with Gasteiger partial charge in [0.1, 0.15) is 0 Å². The first-order chi connectivity index (χ1) is 9.09. The fourth-order valence-electron chi connectivity index (χ4n) is 1.96. The third kappa shape index (κ3) is 4.19. The first-order valence-corrected chi connectivity index (χ1v) is 9.46. The number of nitrogens with one attached hydrogen (secondary N) is 1. The third-order valence-electron chi connectivity index (χ3n) is 2.90. The van der Waals surface area contributed by atoms with E-state index >= 15 is 0 Å². The summed E-state index contributed by atoms with van der Waals surface area (Å²) < 4.78 is 49.4. The molecule has 0 unspecified atom stereocenters. The zero-order valence-electron chi connectivity index (χ0n) is 11.8. The number of sulfonamides is 1. The van der Waals surface area contributed by atoms with Crippen LogP contribution in [0.5, 0.6) is 0 Å². The van der Waals surface area contributed by atoms with Crippen molar-refractivity contribution in [2.24, 2.45) is 0 Å². The number of benzene rings is 1. The van der Waals surface area contributed by atoms with Crippen molar-refractivity contribution in [2.45, 2.75) is 25.7 Å². The molecule has 20 heavy (non-hydrogen) atoms. The highest BCUT2D eigenvalue weighted by Gasteiger charge is 2.20. The number of nitrogen functional groups attached to an aromatic ring is 1. The van der Waals surface area contributed by atoms with Gasteiger partial charge in [-0.05, 0) is 37.1 Å². The lowest BCUT2D eigenvalue weighted by atomic mass is 10.1. The summed E-state index contributed by atoms with van der Waals surface area (Å²) in [6.07, 6.45) is 0. The molecule has 0 radical (unpaired) electrons. The molecule has 1 aromatic rings. The summed E-state index contributed by atoms with van der Waals surface area (Å²) in [5.74, 6) is -0.218. The van der Waals surface area contributed by atoms with Gasteiger partial charge >= 0.3 is 0 Å². The van der Waals surface area contributed by atoms with Crippen molar-refractivity contribution in [1.82, 2.24) is 4.72 Å². The summed E-state index contributed by atoms with van der Waals surface area (Å²) in [6, 6.07) is 3.15. The van der Waals surface area contributed by atoms with Crippen molar-refractivity contribution < 1.29 is 16.8 Å². The minimum atomic E-state index is -3.74. The molecule has 0 amide bonds. The van der Waals surface area contributed by atoms with E-state index in [0.717, 1.165) is 0 Å². The van der Waals surface area contributed by atoms with Crippen LogP contribution in [0.4, 0.5) is 5.69 Å². The Hall–Kier alpha value is -1.12. The van der Waals surface area contributed by atoms with E-state index in [9.17, 15) is 16.8 Å². The molecule has 0 aromatic heterocycles. The Kier molecular flexibility index (Phi) is 5.17. The summed E-state index contributed by atoms with van der Waals surface area (Å²) in [5, 5.41) is 0. The van der Waals surface area contributed by atoms with Gasteiger partial charge in [-0.2, -0.15) is 0 Å². The van der Waals surface area contributed by atoms with Gasteiger partial charge in [-0.3, -0.25) is 0 Å². The van der Waals surface area contributed by atoms with Gasteiger partial charge in [0.2, 0.25) is 10.0 Å². The zero-order valence-corrected chi connectivity index (χ0v) is 13.4. The molecule has 0 spiro atoms. The van der Waals surface area contributed by atoms with Gasteiger partial charge in [-0.15, -0.1) is 0 Å². The maximum atomic E-state index is 12.2. The van der Waals surface area contributed by atoms with E-state index in [-0.39, 0.29) is 22.9 Å². The standard InChI is InChI=1S/C12H20N2O4S2/c1-4-19(15,16)6-5-14-20(17,18)12-9(2)7-11(13)8-10(12)3/h7-8,14H,4-6,13H2,1-3H3. The zero-order chi connectivity index (χ0) is 15.6. The van der Waals surface area contributed by atoms with Crippen molar-refractivity contribution in [3.8, 4) is 0 Å². The van der Waals surface area contributed by atoms with Crippen LogP contribution < -0.4 is 10.5 Å². The first kappa shape index (κ1) is 16.9. The van der Waals surface area contributed by atoms with Gasteiger partial charge < -0.3 is 5.73 Å². The van der Waals surface area contributed by atoms with E-state index in [2.05, 4.69) is 4.72 Å². The van der Waals surface area contributed by atoms with Crippen LogP contribution in [0.2, 0.25) is 0 Å². The summed E-state index contributed by atoms with van der Waals surface area (Å²) in [4.78, 5) is 0.153. The lowest BCUT2D eigenvalue weighted by Gasteiger charge is -2.13. The number of aryl methyl sites for hydroxylation is 2. The first-order valence-electron chi connectivity index (χ1n) is 6.16. The molecule has 1 rings (SSSR count). The second-order valence-electron chi connectivity index (χ2n) is 4.62. The number of hydrogen-bond donors (Lipinski definition) is 2. The third-order valence-corrected chi connectivity index (χ3v) is 6.37. The molecule has 3 N–H and O–H groups in total. The molecule has 1 aromatic carbocycles. The van der Waals surface area contributed by atoms with Gasteiger partial charge in [0, 0.05) is 18.0 Å². The SMILES string of the molecule is CCS(=O)(=O)CCNS(=O)(=O)c1c(C)cc(N)cc1C. The Bertz CT molecular complexity index is 671. The molecule has 6 nitrogen and oxygen atoms in total. The van der Waals surface area contributed by atoms with Crippen LogP contribution in [0.1, 0.15) is 18.1 Å². The predicted molar refractivity (Wildman–Crippen MR) is 79.8 cm³/mol. The Morgan fingerprint density at radius 1 is 1.10 bits per heavy atom. The van der Waals surface area contributed by atoms with Gasteiger partial charge in [0.15, 0.2) is 9.84 Å². The fourth-order valence-corrected chi connectivity index (χ4v) is 4.27. The van der Waals surface area contributed by atoms with Crippen molar-refractivity contribution in [2.75, 3.05) is 23.8 Å². The molecule has 114 valence electrons. The topological polar surface area (TPSA) is 106 Å². The molecular weight excluding hydrogens is 300 g/mol. The van der Waals surface area contributed by atoms with E-state index in [4.69, 9.17) is 5.73 Å². The lowest BCUT2D eigenvalue weighted by molar-refractivity contribution is 0.580. The highest BCUT2D eigenvalue weighted by Crippen LogP contribution is 2.22. The van der Waals surface area contributed by atoms with Crippen LogP contribution in [-0.4, -0.2) is 34.9 Å². The second kappa shape index (κ2) is 6.11. The average molecular weight is 320 g/mol. The van der Waals surface area contributed by atoms with E-state index in [1.807, 2.05) is 0 Å². The molecule has 0 fully saturated rings. The fraction of sp³-hybridized carbons (Fsp3) is 0.500. The summed E-state index contributed by atoms with van der Waals surface area (Å²) in [7, 11) is -6.94. The predicted octanol–water partition coefficient (Wildman–Crippen LogP) is 0.599. The number of sulfone groups is 1. The van der Waals surface area contributed by atoms with Gasteiger partial charge in [0.05, 0.1) is 10.6 Å². The molecule has 0 saturated carbocycles. The summed E-state index contributed by atoms with van der Waals surface area (Å²) in [5.41, 5.74) is 7.22. The van der Waals surface area contributed by atoms with Crippen LogP contribution in [0.15, 0.2) is 17.0 Å². The number of anilines is 1. The minimum Gasteiger partial charge on any atom is -0.399 e. The Balaban J connectivity index is 2.96. The van der Waals surface area contributed by atoms with Gasteiger partial charge in [-0.1, -0.05) is 6.92 Å². The Labute approximate surface area is 120 Å². The molecule has 0 heterocycles. The van der Waals surface area contributed by atoms with E-state index in [1.54, 1.807) is 26.0 Å². The number of hydrogen-bond acceptors (Lipinski definition) is 5. The largest absolute Gasteiger partial charge is 0.399 e.